The highest BCUT2D eigenvalue weighted by molar-refractivity contribution is 14.0. The Kier molecular flexibility index (Phi) is 12.2. The largest absolute Gasteiger partial charge is 0.496 e. The van der Waals surface area contributed by atoms with Crippen molar-refractivity contribution in [2.24, 2.45) is 4.99 Å². The highest BCUT2D eigenvalue weighted by Gasteiger charge is 2.06. The third kappa shape index (κ3) is 8.79. The van der Waals surface area contributed by atoms with Crippen molar-refractivity contribution in [2.75, 3.05) is 47.9 Å². The van der Waals surface area contributed by atoms with Crippen molar-refractivity contribution < 1.29 is 9.47 Å². The first-order chi connectivity index (χ1) is 14.0. The Hall–Kier alpha value is -2.00. The number of nitrogens with one attached hydrogen (secondary N) is 2. The van der Waals surface area contributed by atoms with Crippen LogP contribution < -0.4 is 20.1 Å². The second kappa shape index (κ2) is 14.1. The first-order valence-corrected chi connectivity index (χ1v) is 9.97. The minimum Gasteiger partial charge on any atom is -0.496 e. The van der Waals surface area contributed by atoms with E-state index in [-0.39, 0.29) is 24.0 Å². The first kappa shape index (κ1) is 26.0. The van der Waals surface area contributed by atoms with E-state index in [9.17, 15) is 0 Å². The summed E-state index contributed by atoms with van der Waals surface area (Å²) in [5.74, 6) is 2.60. The molecule has 0 amide bonds. The summed E-state index contributed by atoms with van der Waals surface area (Å²) in [5, 5.41) is 6.74. The molecule has 0 aliphatic rings. The number of nitrogens with zero attached hydrogens (tertiary/aromatic N) is 2. The number of ether oxygens (including phenoxy) is 2. The van der Waals surface area contributed by atoms with Crippen LogP contribution in [0.4, 0.5) is 0 Å². The van der Waals surface area contributed by atoms with Gasteiger partial charge >= 0.3 is 0 Å². The summed E-state index contributed by atoms with van der Waals surface area (Å²) in [7, 11) is 7.57. The molecule has 166 valence electrons. The second-order valence-corrected chi connectivity index (χ2v) is 7.17. The van der Waals surface area contributed by atoms with Gasteiger partial charge in [-0.3, -0.25) is 4.99 Å². The molecule has 0 saturated carbocycles. The Morgan fingerprint density at radius 3 is 2.53 bits per heavy atom. The Morgan fingerprint density at radius 1 is 1.07 bits per heavy atom. The van der Waals surface area contributed by atoms with Crippen LogP contribution in [0.3, 0.4) is 0 Å². The van der Waals surface area contributed by atoms with Crippen LogP contribution in [0, 0.1) is 6.92 Å². The fraction of sp³-hybridized carbons (Fsp3) is 0.435. The number of hydrogen-bond acceptors (Lipinski definition) is 4. The fourth-order valence-electron chi connectivity index (χ4n) is 2.87. The summed E-state index contributed by atoms with van der Waals surface area (Å²) in [5.41, 5.74) is 3.49. The molecule has 2 N–H and O–H groups in total. The minimum absolute atomic E-state index is 0. The van der Waals surface area contributed by atoms with E-state index >= 15 is 0 Å². The topological polar surface area (TPSA) is 58.1 Å². The van der Waals surface area contributed by atoms with E-state index in [1.54, 1.807) is 14.2 Å². The molecule has 7 heteroatoms. The number of halogens is 1. The van der Waals surface area contributed by atoms with E-state index in [4.69, 9.17) is 9.47 Å². The van der Waals surface area contributed by atoms with Crippen LogP contribution in [0.2, 0.25) is 0 Å². The Bertz CT molecular complexity index is 797. The number of aryl methyl sites for hydroxylation is 1. The SMILES string of the molecule is CN=C(NCCc1ccc(C)c(OC)c1)NCc1ccccc1OCCN(C)C.I. The first-order valence-electron chi connectivity index (χ1n) is 9.97. The lowest BCUT2D eigenvalue weighted by atomic mass is 10.1. The number of hydrogen-bond donors (Lipinski definition) is 2. The molecule has 2 aromatic rings. The third-order valence-electron chi connectivity index (χ3n) is 4.62. The lowest BCUT2D eigenvalue weighted by molar-refractivity contribution is 0.259. The van der Waals surface area contributed by atoms with Gasteiger partial charge in [-0.1, -0.05) is 30.3 Å². The monoisotopic (exact) mass is 526 g/mol. The van der Waals surface area contributed by atoms with Gasteiger partial charge in [0.05, 0.1) is 7.11 Å². The lowest BCUT2D eigenvalue weighted by Crippen LogP contribution is -2.38. The zero-order valence-corrected chi connectivity index (χ0v) is 21.0. The summed E-state index contributed by atoms with van der Waals surface area (Å²) in [6, 6.07) is 14.4. The van der Waals surface area contributed by atoms with Gasteiger partial charge < -0.3 is 25.0 Å². The molecule has 0 radical (unpaired) electrons. The maximum absolute atomic E-state index is 5.93. The maximum atomic E-state index is 5.93. The molecule has 0 bridgehead atoms. The molecular formula is C23H35IN4O2. The summed E-state index contributed by atoms with van der Waals surface area (Å²) >= 11 is 0. The van der Waals surface area contributed by atoms with Crippen molar-refractivity contribution in [1.29, 1.82) is 0 Å². The van der Waals surface area contributed by atoms with Crippen molar-refractivity contribution >= 4 is 29.9 Å². The van der Waals surface area contributed by atoms with Crippen LogP contribution in [-0.4, -0.2) is 58.8 Å². The van der Waals surface area contributed by atoms with Crippen LogP contribution in [0.15, 0.2) is 47.5 Å². The van der Waals surface area contributed by atoms with Crippen LogP contribution in [0.1, 0.15) is 16.7 Å². The molecule has 2 aromatic carbocycles. The van der Waals surface area contributed by atoms with Crippen molar-refractivity contribution in [3.05, 3.63) is 59.2 Å². The van der Waals surface area contributed by atoms with Gasteiger partial charge in [-0.2, -0.15) is 0 Å². The van der Waals surface area contributed by atoms with E-state index in [1.165, 1.54) is 5.56 Å². The molecule has 0 heterocycles. The van der Waals surface area contributed by atoms with Gasteiger partial charge in [0.1, 0.15) is 18.1 Å². The number of likely N-dealkylation sites (N-methyl/N-ethyl adjacent to an activating group) is 1. The Balaban J connectivity index is 0.00000450. The molecule has 0 aliphatic carbocycles. The number of rotatable bonds is 10. The quantitative estimate of drug-likeness (QED) is 0.282. The predicted molar refractivity (Wildman–Crippen MR) is 136 cm³/mol. The molecule has 0 saturated heterocycles. The van der Waals surface area contributed by atoms with Gasteiger partial charge in [-0.05, 0) is 50.7 Å². The van der Waals surface area contributed by atoms with Gasteiger partial charge in [0.2, 0.25) is 0 Å². The van der Waals surface area contributed by atoms with Gasteiger partial charge in [-0.25, -0.2) is 0 Å². The molecule has 0 aliphatic heterocycles. The van der Waals surface area contributed by atoms with Crippen molar-refractivity contribution in [3.63, 3.8) is 0 Å². The van der Waals surface area contributed by atoms with Gasteiger partial charge in [-0.15, -0.1) is 24.0 Å². The zero-order valence-electron chi connectivity index (χ0n) is 18.7. The van der Waals surface area contributed by atoms with Crippen molar-refractivity contribution in [3.8, 4) is 11.5 Å². The summed E-state index contributed by atoms with van der Waals surface area (Å²) in [6.07, 6.45) is 0.890. The molecule has 0 fully saturated rings. The van der Waals surface area contributed by atoms with Crippen LogP contribution in [0.5, 0.6) is 11.5 Å². The summed E-state index contributed by atoms with van der Waals surface area (Å²) in [6.45, 7) is 5.03. The molecule has 0 atom stereocenters. The molecule has 30 heavy (non-hydrogen) atoms. The number of benzene rings is 2. The Morgan fingerprint density at radius 2 is 1.83 bits per heavy atom. The van der Waals surface area contributed by atoms with Crippen molar-refractivity contribution in [2.45, 2.75) is 19.9 Å². The summed E-state index contributed by atoms with van der Waals surface area (Å²) < 4.78 is 11.3. The lowest BCUT2D eigenvalue weighted by Gasteiger charge is -2.16. The molecule has 0 aromatic heterocycles. The molecule has 0 unspecified atom stereocenters. The summed E-state index contributed by atoms with van der Waals surface area (Å²) in [4.78, 5) is 6.43. The molecule has 2 rings (SSSR count). The van der Waals surface area contributed by atoms with E-state index in [1.807, 2.05) is 32.3 Å². The predicted octanol–water partition coefficient (Wildman–Crippen LogP) is 3.47. The van der Waals surface area contributed by atoms with Crippen LogP contribution >= 0.6 is 24.0 Å². The fourth-order valence-corrected chi connectivity index (χ4v) is 2.87. The number of methoxy groups -OCH3 is 1. The van der Waals surface area contributed by atoms with E-state index in [0.717, 1.165) is 48.1 Å². The normalized spacial score (nSPS) is 11.1. The average Bonchev–Trinajstić information content (AvgIpc) is 2.72. The van der Waals surface area contributed by atoms with Crippen LogP contribution in [-0.2, 0) is 13.0 Å². The molecular weight excluding hydrogens is 491 g/mol. The highest BCUT2D eigenvalue weighted by atomic mass is 127. The van der Waals surface area contributed by atoms with Crippen LogP contribution in [0.25, 0.3) is 0 Å². The zero-order chi connectivity index (χ0) is 21.1. The number of guanidine groups is 1. The molecule has 6 nitrogen and oxygen atoms in total. The van der Waals surface area contributed by atoms with Crippen molar-refractivity contribution in [1.82, 2.24) is 15.5 Å². The van der Waals surface area contributed by atoms with E-state index < -0.39 is 0 Å². The molecule has 0 spiro atoms. The van der Waals surface area contributed by atoms with Gasteiger partial charge in [0.25, 0.3) is 0 Å². The minimum atomic E-state index is 0. The van der Waals surface area contributed by atoms with Gasteiger partial charge in [0, 0.05) is 32.2 Å². The van der Waals surface area contributed by atoms with E-state index in [0.29, 0.717) is 13.2 Å². The highest BCUT2D eigenvalue weighted by Crippen LogP contribution is 2.19. The third-order valence-corrected chi connectivity index (χ3v) is 4.62. The van der Waals surface area contributed by atoms with E-state index in [2.05, 4.69) is 51.7 Å². The maximum Gasteiger partial charge on any atom is 0.191 e. The Labute approximate surface area is 198 Å². The smallest absolute Gasteiger partial charge is 0.191 e. The second-order valence-electron chi connectivity index (χ2n) is 7.17. The average molecular weight is 526 g/mol. The number of aliphatic imine (C=N–C) groups is 1. The van der Waals surface area contributed by atoms with Gasteiger partial charge in [0.15, 0.2) is 5.96 Å². The number of para-hydroxylation sites is 1. The standard InChI is InChI=1S/C23H34N4O2.HI/c1-18-10-11-19(16-22(18)28-5)12-13-25-23(24-2)26-17-20-8-6-7-9-21(20)29-15-14-27(3)4;/h6-11,16H,12-15,17H2,1-5H3,(H2,24,25,26);1H.